The first-order chi connectivity index (χ1) is 7.18. The molecule has 0 amide bonds. The molecule has 0 radical (unpaired) electrons. The Labute approximate surface area is 97.0 Å². The van der Waals surface area contributed by atoms with Gasteiger partial charge in [-0.3, -0.25) is 0 Å². The van der Waals surface area contributed by atoms with E-state index in [9.17, 15) is 0 Å². The van der Waals surface area contributed by atoms with Crippen LogP contribution < -0.4 is 5.32 Å². The van der Waals surface area contributed by atoms with Crippen molar-refractivity contribution in [3.63, 3.8) is 0 Å². The number of hydrogen-bond donors (Lipinski definition) is 1. The van der Waals surface area contributed by atoms with Crippen molar-refractivity contribution in [2.24, 2.45) is 5.41 Å². The van der Waals surface area contributed by atoms with E-state index in [-0.39, 0.29) is 0 Å². The molecule has 0 saturated heterocycles. The highest BCUT2D eigenvalue weighted by Gasteiger charge is 2.22. The van der Waals surface area contributed by atoms with Gasteiger partial charge in [0.25, 0.3) is 0 Å². The zero-order valence-corrected chi connectivity index (χ0v) is 11.4. The Morgan fingerprint density at radius 3 is 2.00 bits per heavy atom. The summed E-state index contributed by atoms with van der Waals surface area (Å²) in [5, 5.41) is 3.29. The van der Waals surface area contributed by atoms with Crippen LogP contribution in [0.15, 0.2) is 0 Å². The molecule has 1 unspecified atom stereocenters. The van der Waals surface area contributed by atoms with Crippen LogP contribution in [0.25, 0.3) is 0 Å². The minimum absolute atomic E-state index is 0.591. The molecule has 0 rings (SSSR count). The van der Waals surface area contributed by atoms with Crippen LogP contribution in [0, 0.1) is 5.41 Å². The van der Waals surface area contributed by atoms with Gasteiger partial charge in [-0.15, -0.1) is 0 Å². The number of nitrogens with one attached hydrogen (secondary N) is 1. The third kappa shape index (κ3) is 7.84. The van der Waals surface area contributed by atoms with Crippen molar-refractivity contribution in [2.45, 2.75) is 72.1 Å². The van der Waals surface area contributed by atoms with Crippen LogP contribution in [-0.4, -0.2) is 13.6 Å². The smallest absolute Gasteiger partial charge is 0.00467 e. The summed E-state index contributed by atoms with van der Waals surface area (Å²) < 4.78 is 0. The molecule has 0 spiro atoms. The fourth-order valence-electron chi connectivity index (χ4n) is 2.21. The number of rotatable bonds is 10. The highest BCUT2D eigenvalue weighted by molar-refractivity contribution is 4.75. The topological polar surface area (TPSA) is 12.0 Å². The van der Waals surface area contributed by atoms with Gasteiger partial charge in [-0.2, -0.15) is 0 Å². The van der Waals surface area contributed by atoms with Crippen LogP contribution in [0.4, 0.5) is 0 Å². The van der Waals surface area contributed by atoms with Crippen LogP contribution in [0.5, 0.6) is 0 Å². The van der Waals surface area contributed by atoms with E-state index in [1.807, 2.05) is 0 Å². The van der Waals surface area contributed by atoms with Gasteiger partial charge in [0.1, 0.15) is 0 Å². The first-order valence-corrected chi connectivity index (χ1v) is 6.83. The largest absolute Gasteiger partial charge is 0.320 e. The van der Waals surface area contributed by atoms with E-state index in [1.165, 1.54) is 57.9 Å². The van der Waals surface area contributed by atoms with E-state index in [0.29, 0.717) is 5.41 Å². The quantitative estimate of drug-likeness (QED) is 0.531. The lowest BCUT2D eigenvalue weighted by Crippen LogP contribution is -2.22. The lowest BCUT2D eigenvalue weighted by Gasteiger charge is -2.30. The lowest BCUT2D eigenvalue weighted by molar-refractivity contribution is 0.233. The van der Waals surface area contributed by atoms with Gasteiger partial charge in [0.2, 0.25) is 0 Å². The molecule has 1 atom stereocenters. The Hall–Kier alpha value is -0.0400. The van der Waals surface area contributed by atoms with Gasteiger partial charge in [0, 0.05) is 0 Å². The fraction of sp³-hybridized carbons (Fsp3) is 1.00. The molecule has 0 aromatic carbocycles. The highest BCUT2D eigenvalue weighted by Crippen LogP contribution is 2.33. The molecule has 0 bridgehead atoms. The molecular formula is C14H31N. The SMILES string of the molecule is CCCCCC(C)(CCCC)CCNC. The molecule has 0 aliphatic carbocycles. The average molecular weight is 213 g/mol. The summed E-state index contributed by atoms with van der Waals surface area (Å²) in [4.78, 5) is 0. The van der Waals surface area contributed by atoms with Crippen molar-refractivity contribution < 1.29 is 0 Å². The van der Waals surface area contributed by atoms with Gasteiger partial charge in [-0.1, -0.05) is 52.9 Å². The maximum Gasteiger partial charge on any atom is -0.00467 e. The van der Waals surface area contributed by atoms with Crippen LogP contribution >= 0.6 is 0 Å². The molecule has 0 fully saturated rings. The molecule has 0 aromatic heterocycles. The van der Waals surface area contributed by atoms with E-state index < -0.39 is 0 Å². The molecule has 0 saturated carbocycles. The summed E-state index contributed by atoms with van der Waals surface area (Å²) in [5.41, 5.74) is 0.591. The van der Waals surface area contributed by atoms with Gasteiger partial charge in [0.05, 0.1) is 0 Å². The molecule has 0 aliphatic heterocycles. The van der Waals surface area contributed by atoms with E-state index in [2.05, 4.69) is 33.1 Å². The van der Waals surface area contributed by atoms with E-state index in [4.69, 9.17) is 0 Å². The monoisotopic (exact) mass is 213 g/mol. The van der Waals surface area contributed by atoms with Gasteiger partial charge in [0.15, 0.2) is 0 Å². The van der Waals surface area contributed by atoms with Crippen molar-refractivity contribution in [1.82, 2.24) is 5.32 Å². The molecule has 0 aliphatic rings. The summed E-state index contributed by atoms with van der Waals surface area (Å²) in [6.45, 7) is 8.24. The van der Waals surface area contributed by atoms with Gasteiger partial charge >= 0.3 is 0 Å². The Kier molecular flexibility index (Phi) is 9.18. The van der Waals surface area contributed by atoms with Crippen molar-refractivity contribution >= 4 is 0 Å². The van der Waals surface area contributed by atoms with Gasteiger partial charge in [-0.05, 0) is 38.3 Å². The molecular weight excluding hydrogens is 182 g/mol. The van der Waals surface area contributed by atoms with Crippen molar-refractivity contribution in [2.75, 3.05) is 13.6 Å². The standard InChI is InChI=1S/C14H31N/c1-5-7-9-11-14(3,10-8-6-2)12-13-15-4/h15H,5-13H2,1-4H3. The van der Waals surface area contributed by atoms with Crippen molar-refractivity contribution in [3.8, 4) is 0 Å². The Balaban J connectivity index is 3.89. The minimum atomic E-state index is 0.591. The first kappa shape index (κ1) is 15.0. The molecule has 0 heterocycles. The Morgan fingerprint density at radius 2 is 1.47 bits per heavy atom. The Bertz CT molecular complexity index is 123. The van der Waals surface area contributed by atoms with Crippen LogP contribution in [-0.2, 0) is 0 Å². The molecule has 92 valence electrons. The van der Waals surface area contributed by atoms with Gasteiger partial charge < -0.3 is 5.32 Å². The summed E-state index contributed by atoms with van der Waals surface area (Å²) >= 11 is 0. The maximum atomic E-state index is 3.29. The molecule has 1 nitrogen and oxygen atoms in total. The first-order valence-electron chi connectivity index (χ1n) is 6.83. The average Bonchev–Trinajstić information content (AvgIpc) is 2.24. The van der Waals surface area contributed by atoms with Gasteiger partial charge in [-0.25, -0.2) is 0 Å². The highest BCUT2D eigenvalue weighted by atomic mass is 14.8. The zero-order chi connectivity index (χ0) is 11.6. The second-order valence-corrected chi connectivity index (χ2v) is 5.22. The van der Waals surface area contributed by atoms with E-state index in [1.54, 1.807) is 0 Å². The predicted octanol–water partition coefficient (Wildman–Crippen LogP) is 4.37. The predicted molar refractivity (Wildman–Crippen MR) is 70.3 cm³/mol. The molecule has 15 heavy (non-hydrogen) atoms. The van der Waals surface area contributed by atoms with E-state index >= 15 is 0 Å². The van der Waals surface area contributed by atoms with Crippen LogP contribution in [0.2, 0.25) is 0 Å². The second-order valence-electron chi connectivity index (χ2n) is 5.22. The molecule has 1 heteroatoms. The lowest BCUT2D eigenvalue weighted by atomic mass is 9.77. The fourth-order valence-corrected chi connectivity index (χ4v) is 2.21. The summed E-state index contributed by atoms with van der Waals surface area (Å²) in [6.07, 6.45) is 11.1. The van der Waals surface area contributed by atoms with Crippen molar-refractivity contribution in [1.29, 1.82) is 0 Å². The van der Waals surface area contributed by atoms with E-state index in [0.717, 1.165) is 0 Å². The Morgan fingerprint density at radius 1 is 0.867 bits per heavy atom. The second kappa shape index (κ2) is 9.21. The molecule has 1 N–H and O–H groups in total. The van der Waals surface area contributed by atoms with Crippen LogP contribution in [0.1, 0.15) is 72.1 Å². The number of hydrogen-bond acceptors (Lipinski definition) is 1. The summed E-state index contributed by atoms with van der Waals surface area (Å²) in [6, 6.07) is 0. The van der Waals surface area contributed by atoms with Crippen molar-refractivity contribution in [3.05, 3.63) is 0 Å². The normalized spacial score (nSPS) is 15.2. The maximum absolute atomic E-state index is 3.29. The third-order valence-corrected chi connectivity index (χ3v) is 3.50. The third-order valence-electron chi connectivity index (χ3n) is 3.50. The summed E-state index contributed by atoms with van der Waals surface area (Å²) in [5.74, 6) is 0. The summed E-state index contributed by atoms with van der Waals surface area (Å²) in [7, 11) is 2.06. The van der Waals surface area contributed by atoms with Crippen LogP contribution in [0.3, 0.4) is 0 Å². The minimum Gasteiger partial charge on any atom is -0.320 e. The number of unbranched alkanes of at least 4 members (excludes halogenated alkanes) is 3. The molecule has 0 aromatic rings. The zero-order valence-electron chi connectivity index (χ0n) is 11.4.